The Morgan fingerprint density at radius 2 is 1.53 bits per heavy atom. The Morgan fingerprint density at radius 3 is 2.09 bits per heavy atom. The zero-order valence-electron chi connectivity index (χ0n) is 18.6. The van der Waals surface area contributed by atoms with Crippen LogP contribution >= 0.6 is 0 Å². The van der Waals surface area contributed by atoms with Gasteiger partial charge in [-0.15, -0.1) is 0 Å². The van der Waals surface area contributed by atoms with Crippen LogP contribution in [-0.4, -0.2) is 33.7 Å². The molecule has 2 atom stereocenters. The maximum atomic E-state index is 13.4. The number of rotatable bonds is 8. The van der Waals surface area contributed by atoms with E-state index in [0.717, 1.165) is 27.3 Å². The van der Waals surface area contributed by atoms with Crippen LogP contribution in [0.25, 0.3) is 0 Å². The van der Waals surface area contributed by atoms with E-state index < -0.39 is 28.0 Å². The SMILES string of the molecule is COc1ccc(N([C@H](C)C(=O)N[C@H](c2ccccc2)c2ccccc2C)S(C)(=O)=O)cc1. The van der Waals surface area contributed by atoms with Crippen LogP contribution in [0.3, 0.4) is 0 Å². The van der Waals surface area contributed by atoms with Gasteiger partial charge in [0.05, 0.1) is 25.1 Å². The third kappa shape index (κ3) is 5.29. The number of carbonyl (C=O) groups excluding carboxylic acids is 1. The number of ether oxygens (including phenoxy) is 1. The number of sulfonamides is 1. The monoisotopic (exact) mass is 452 g/mol. The Kier molecular flexibility index (Phi) is 7.20. The van der Waals surface area contributed by atoms with E-state index in [1.54, 1.807) is 31.2 Å². The predicted octanol–water partition coefficient (Wildman–Crippen LogP) is 4.06. The average Bonchev–Trinajstić information content (AvgIpc) is 2.78. The molecule has 0 spiro atoms. The van der Waals surface area contributed by atoms with Crippen molar-refractivity contribution in [1.29, 1.82) is 0 Å². The number of carbonyl (C=O) groups is 1. The zero-order chi connectivity index (χ0) is 23.3. The molecule has 1 amide bonds. The van der Waals surface area contributed by atoms with Crippen LogP contribution in [0.1, 0.15) is 29.7 Å². The van der Waals surface area contributed by atoms with Gasteiger partial charge in [-0.25, -0.2) is 8.42 Å². The highest BCUT2D eigenvalue weighted by molar-refractivity contribution is 7.92. The van der Waals surface area contributed by atoms with Gasteiger partial charge in [-0.1, -0.05) is 54.6 Å². The molecule has 3 rings (SSSR count). The van der Waals surface area contributed by atoms with Crippen molar-refractivity contribution < 1.29 is 17.9 Å². The Hall–Kier alpha value is -3.32. The molecule has 32 heavy (non-hydrogen) atoms. The highest BCUT2D eigenvalue weighted by atomic mass is 32.2. The van der Waals surface area contributed by atoms with Gasteiger partial charge in [0.1, 0.15) is 11.8 Å². The van der Waals surface area contributed by atoms with Gasteiger partial charge in [0.15, 0.2) is 0 Å². The molecule has 0 unspecified atom stereocenters. The summed E-state index contributed by atoms with van der Waals surface area (Å²) in [6.45, 7) is 3.57. The van der Waals surface area contributed by atoms with Gasteiger partial charge in [0, 0.05) is 0 Å². The molecule has 0 aliphatic rings. The normalized spacial score (nSPS) is 13.1. The molecule has 0 fully saturated rings. The number of anilines is 1. The van der Waals surface area contributed by atoms with Crippen LogP contribution in [0.15, 0.2) is 78.9 Å². The number of nitrogens with one attached hydrogen (secondary N) is 1. The summed E-state index contributed by atoms with van der Waals surface area (Å²) in [7, 11) is -2.19. The summed E-state index contributed by atoms with van der Waals surface area (Å²) in [5, 5.41) is 3.07. The number of benzene rings is 3. The van der Waals surface area contributed by atoms with Crippen molar-refractivity contribution in [3.05, 3.63) is 95.6 Å². The third-order valence-corrected chi connectivity index (χ3v) is 6.58. The van der Waals surface area contributed by atoms with E-state index in [2.05, 4.69) is 5.32 Å². The number of amides is 1. The van der Waals surface area contributed by atoms with E-state index in [0.29, 0.717) is 11.4 Å². The van der Waals surface area contributed by atoms with E-state index >= 15 is 0 Å². The summed E-state index contributed by atoms with van der Waals surface area (Å²) < 4.78 is 31.5. The molecule has 0 saturated carbocycles. The van der Waals surface area contributed by atoms with E-state index in [-0.39, 0.29) is 0 Å². The molecule has 3 aromatic carbocycles. The summed E-state index contributed by atoms with van der Waals surface area (Å²) in [6.07, 6.45) is 1.09. The largest absolute Gasteiger partial charge is 0.497 e. The number of aryl methyl sites for hydroxylation is 1. The van der Waals surface area contributed by atoms with Crippen LogP contribution in [0, 0.1) is 6.92 Å². The quantitative estimate of drug-likeness (QED) is 0.559. The predicted molar refractivity (Wildman–Crippen MR) is 127 cm³/mol. The molecule has 0 saturated heterocycles. The summed E-state index contributed by atoms with van der Waals surface area (Å²) in [5.74, 6) is 0.200. The van der Waals surface area contributed by atoms with Crippen LogP contribution in [0.5, 0.6) is 5.75 Å². The fourth-order valence-electron chi connectivity index (χ4n) is 3.70. The third-order valence-electron chi connectivity index (χ3n) is 5.33. The van der Waals surface area contributed by atoms with Gasteiger partial charge in [-0.3, -0.25) is 9.10 Å². The number of methoxy groups -OCH3 is 1. The lowest BCUT2D eigenvalue weighted by atomic mass is 9.94. The number of nitrogens with zero attached hydrogens (tertiary/aromatic N) is 1. The highest BCUT2D eigenvalue weighted by Crippen LogP contribution is 2.27. The molecule has 0 bridgehead atoms. The zero-order valence-corrected chi connectivity index (χ0v) is 19.5. The van der Waals surface area contributed by atoms with Crippen molar-refractivity contribution in [2.24, 2.45) is 0 Å². The van der Waals surface area contributed by atoms with Crippen LogP contribution in [-0.2, 0) is 14.8 Å². The van der Waals surface area contributed by atoms with E-state index in [1.807, 2.05) is 61.5 Å². The molecule has 0 aliphatic carbocycles. The van der Waals surface area contributed by atoms with Crippen LogP contribution < -0.4 is 14.4 Å². The van der Waals surface area contributed by atoms with E-state index in [9.17, 15) is 13.2 Å². The minimum Gasteiger partial charge on any atom is -0.497 e. The first-order valence-corrected chi connectivity index (χ1v) is 12.1. The smallest absolute Gasteiger partial charge is 0.244 e. The highest BCUT2D eigenvalue weighted by Gasteiger charge is 2.31. The lowest BCUT2D eigenvalue weighted by Crippen LogP contribution is -2.48. The molecule has 6 nitrogen and oxygen atoms in total. The van der Waals surface area contributed by atoms with Gasteiger partial charge < -0.3 is 10.1 Å². The maximum absolute atomic E-state index is 13.4. The van der Waals surface area contributed by atoms with Crippen LogP contribution in [0.2, 0.25) is 0 Å². The van der Waals surface area contributed by atoms with Gasteiger partial charge in [0.25, 0.3) is 0 Å². The van der Waals surface area contributed by atoms with Crippen molar-refractivity contribution >= 4 is 21.6 Å². The molecule has 7 heteroatoms. The van der Waals surface area contributed by atoms with Gasteiger partial charge in [-0.05, 0) is 54.8 Å². The van der Waals surface area contributed by atoms with Crippen molar-refractivity contribution in [2.75, 3.05) is 17.7 Å². The first-order chi connectivity index (χ1) is 15.2. The molecule has 0 aliphatic heterocycles. The molecular formula is C25H28N2O4S. The second kappa shape index (κ2) is 9.87. The second-order valence-corrected chi connectivity index (χ2v) is 9.50. The van der Waals surface area contributed by atoms with E-state index in [1.165, 1.54) is 7.11 Å². The van der Waals surface area contributed by atoms with E-state index in [4.69, 9.17) is 4.74 Å². The molecule has 168 valence electrons. The lowest BCUT2D eigenvalue weighted by Gasteiger charge is -2.30. The molecule has 0 radical (unpaired) electrons. The summed E-state index contributed by atoms with van der Waals surface area (Å²) in [6, 6.07) is 22.7. The molecule has 1 N–H and O–H groups in total. The minimum absolute atomic E-state index is 0.392. The molecule has 3 aromatic rings. The molecule has 0 heterocycles. The Bertz CT molecular complexity index is 1160. The fraction of sp³-hybridized carbons (Fsp3) is 0.240. The van der Waals surface area contributed by atoms with Gasteiger partial charge in [0.2, 0.25) is 15.9 Å². The molecule has 0 aromatic heterocycles. The lowest BCUT2D eigenvalue weighted by molar-refractivity contribution is -0.122. The Labute approximate surface area is 189 Å². The van der Waals surface area contributed by atoms with Crippen molar-refractivity contribution in [3.8, 4) is 5.75 Å². The van der Waals surface area contributed by atoms with Crippen LogP contribution in [0.4, 0.5) is 5.69 Å². The maximum Gasteiger partial charge on any atom is 0.244 e. The standard InChI is InChI=1S/C25H28N2O4S/c1-18-10-8-9-13-23(18)24(20-11-6-5-7-12-20)26-25(28)19(2)27(32(4,29)30)21-14-16-22(31-3)17-15-21/h5-17,19,24H,1-4H3,(H,26,28)/t19-,24-/m1/s1. The second-order valence-electron chi connectivity index (χ2n) is 7.64. The average molecular weight is 453 g/mol. The summed E-state index contributed by atoms with van der Waals surface area (Å²) in [4.78, 5) is 13.4. The topological polar surface area (TPSA) is 75.7 Å². The van der Waals surface area contributed by atoms with Crippen molar-refractivity contribution in [1.82, 2.24) is 5.32 Å². The summed E-state index contributed by atoms with van der Waals surface area (Å²) in [5.41, 5.74) is 3.29. The van der Waals surface area contributed by atoms with Gasteiger partial charge in [-0.2, -0.15) is 0 Å². The minimum atomic E-state index is -3.72. The molecular weight excluding hydrogens is 424 g/mol. The summed E-state index contributed by atoms with van der Waals surface area (Å²) >= 11 is 0. The number of hydrogen-bond acceptors (Lipinski definition) is 4. The Balaban J connectivity index is 1.95. The first-order valence-electron chi connectivity index (χ1n) is 10.3. The Morgan fingerprint density at radius 1 is 0.938 bits per heavy atom. The van der Waals surface area contributed by atoms with Crippen molar-refractivity contribution in [3.63, 3.8) is 0 Å². The van der Waals surface area contributed by atoms with Gasteiger partial charge >= 0.3 is 0 Å². The number of hydrogen-bond donors (Lipinski definition) is 1. The fourth-order valence-corrected chi connectivity index (χ4v) is 4.87. The van der Waals surface area contributed by atoms with Crippen molar-refractivity contribution in [2.45, 2.75) is 25.9 Å². The first kappa shape index (κ1) is 23.3.